The average molecular weight is 566 g/mol. The van der Waals surface area contributed by atoms with E-state index in [1.54, 1.807) is 41.2 Å². The van der Waals surface area contributed by atoms with Gasteiger partial charge in [-0.1, -0.05) is 41.4 Å². The highest BCUT2D eigenvalue weighted by Crippen LogP contribution is 2.26. The smallest absolute Gasteiger partial charge is 0.311 e. The number of nitro groups is 1. The molecule has 4 aromatic rings. The highest BCUT2D eigenvalue weighted by atomic mass is 79.9. The standard InChI is InChI=1S/C21H15BrCl2N6O4/c22-15-11-29(10-13-5-6-14(23)9-16(13)24)27-20(15)25-21(31)17-7-8-28(26-17)12-34-19-4-2-1-3-18(19)30(32)33/h1-9,11H,10,12H2,(H,25,27,31). The van der Waals surface area contributed by atoms with E-state index in [0.29, 0.717) is 26.9 Å². The van der Waals surface area contributed by atoms with Gasteiger partial charge in [0.05, 0.1) is 15.9 Å². The average Bonchev–Trinajstić information content (AvgIpc) is 3.41. The summed E-state index contributed by atoms with van der Waals surface area (Å²) in [5.41, 5.74) is 0.776. The number of nitrogens with one attached hydrogen (secondary N) is 1. The summed E-state index contributed by atoms with van der Waals surface area (Å²) in [7, 11) is 0. The Kier molecular flexibility index (Phi) is 7.15. The number of amides is 1. The molecule has 0 spiro atoms. The first-order chi connectivity index (χ1) is 16.3. The first-order valence-corrected chi connectivity index (χ1v) is 11.2. The molecule has 10 nitrogen and oxygen atoms in total. The lowest BCUT2D eigenvalue weighted by Crippen LogP contribution is -2.15. The summed E-state index contributed by atoms with van der Waals surface area (Å²) >= 11 is 15.5. The highest BCUT2D eigenvalue weighted by molar-refractivity contribution is 9.10. The molecule has 0 unspecified atom stereocenters. The van der Waals surface area contributed by atoms with Crippen molar-refractivity contribution < 1.29 is 14.5 Å². The molecule has 0 radical (unpaired) electrons. The lowest BCUT2D eigenvalue weighted by Gasteiger charge is -2.06. The maximum Gasteiger partial charge on any atom is 0.311 e. The Bertz CT molecular complexity index is 1370. The SMILES string of the molecule is O=C(Nc1nn(Cc2ccc(Cl)cc2Cl)cc1Br)c1ccn(COc2ccccc2[N+](=O)[O-])n1. The van der Waals surface area contributed by atoms with Crippen molar-refractivity contribution in [3.8, 4) is 5.75 Å². The van der Waals surface area contributed by atoms with Gasteiger partial charge in [-0.25, -0.2) is 4.68 Å². The van der Waals surface area contributed by atoms with E-state index in [4.69, 9.17) is 27.9 Å². The maximum atomic E-state index is 12.6. The van der Waals surface area contributed by atoms with E-state index >= 15 is 0 Å². The molecule has 0 atom stereocenters. The number of hydrogen-bond donors (Lipinski definition) is 1. The molecule has 2 aromatic heterocycles. The Morgan fingerprint density at radius 1 is 1.15 bits per heavy atom. The monoisotopic (exact) mass is 564 g/mol. The van der Waals surface area contributed by atoms with Crippen LogP contribution in [0.5, 0.6) is 5.75 Å². The summed E-state index contributed by atoms with van der Waals surface area (Å²) in [6.07, 6.45) is 3.24. The predicted octanol–water partition coefficient (Wildman–Crippen LogP) is 5.39. The van der Waals surface area contributed by atoms with Crippen LogP contribution >= 0.6 is 39.1 Å². The zero-order chi connectivity index (χ0) is 24.2. The molecule has 1 amide bonds. The number of halogens is 3. The lowest BCUT2D eigenvalue weighted by molar-refractivity contribution is -0.386. The summed E-state index contributed by atoms with van der Waals surface area (Å²) in [4.78, 5) is 23.2. The number of benzene rings is 2. The number of carbonyl (C=O) groups is 1. The normalized spacial score (nSPS) is 10.8. The van der Waals surface area contributed by atoms with E-state index in [-0.39, 0.29) is 23.9 Å². The van der Waals surface area contributed by atoms with Gasteiger partial charge in [-0.3, -0.25) is 19.6 Å². The number of aromatic nitrogens is 4. The van der Waals surface area contributed by atoms with E-state index < -0.39 is 10.8 Å². The van der Waals surface area contributed by atoms with Crippen LogP contribution in [0.15, 0.2) is 65.4 Å². The van der Waals surface area contributed by atoms with Gasteiger partial charge in [0.15, 0.2) is 24.0 Å². The molecule has 13 heteroatoms. The van der Waals surface area contributed by atoms with E-state index in [2.05, 4.69) is 31.4 Å². The number of ether oxygens (including phenoxy) is 1. The predicted molar refractivity (Wildman–Crippen MR) is 129 cm³/mol. The van der Waals surface area contributed by atoms with Crippen LogP contribution in [0.4, 0.5) is 11.5 Å². The summed E-state index contributed by atoms with van der Waals surface area (Å²) in [6.45, 7) is 0.264. The summed E-state index contributed by atoms with van der Waals surface area (Å²) < 4.78 is 9.02. The van der Waals surface area contributed by atoms with Gasteiger partial charge in [-0.05, 0) is 45.8 Å². The highest BCUT2D eigenvalue weighted by Gasteiger charge is 2.17. The van der Waals surface area contributed by atoms with Crippen LogP contribution in [0.1, 0.15) is 16.1 Å². The molecule has 0 aliphatic rings. The Morgan fingerprint density at radius 3 is 2.71 bits per heavy atom. The van der Waals surface area contributed by atoms with E-state index in [1.165, 1.54) is 29.1 Å². The topological polar surface area (TPSA) is 117 Å². The largest absolute Gasteiger partial charge is 0.464 e. The van der Waals surface area contributed by atoms with E-state index in [9.17, 15) is 14.9 Å². The number of hydrogen-bond acceptors (Lipinski definition) is 6. The van der Waals surface area contributed by atoms with E-state index in [0.717, 1.165) is 5.56 Å². The van der Waals surface area contributed by atoms with Crippen LogP contribution < -0.4 is 10.1 Å². The minimum Gasteiger partial charge on any atom is -0.464 e. The van der Waals surface area contributed by atoms with Gasteiger partial charge in [0.1, 0.15) is 0 Å². The van der Waals surface area contributed by atoms with Gasteiger partial charge in [0.2, 0.25) is 0 Å². The van der Waals surface area contributed by atoms with Crippen LogP contribution in [0, 0.1) is 10.1 Å². The van der Waals surface area contributed by atoms with Crippen LogP contribution in [0.25, 0.3) is 0 Å². The van der Waals surface area contributed by atoms with Crippen LogP contribution in [-0.4, -0.2) is 30.4 Å². The molecular formula is C21H15BrCl2N6O4. The van der Waals surface area contributed by atoms with Gasteiger partial charge < -0.3 is 10.1 Å². The zero-order valence-corrected chi connectivity index (χ0v) is 20.3. The second-order valence-corrected chi connectivity index (χ2v) is 8.65. The molecule has 1 N–H and O–H groups in total. The van der Waals surface area contributed by atoms with E-state index in [1.807, 2.05) is 0 Å². The number of nitro benzene ring substituents is 1. The minimum absolute atomic E-state index is 0.101. The summed E-state index contributed by atoms with van der Waals surface area (Å²) in [5.74, 6) is -0.0787. The summed E-state index contributed by atoms with van der Waals surface area (Å²) in [5, 5.41) is 23.3. The number of anilines is 1. The van der Waals surface area contributed by atoms with Crippen molar-refractivity contribution in [1.29, 1.82) is 0 Å². The third-order valence-corrected chi connectivity index (χ3v) is 5.75. The fourth-order valence-electron chi connectivity index (χ4n) is 2.98. The molecule has 174 valence electrons. The first kappa shape index (κ1) is 23.7. The third kappa shape index (κ3) is 5.56. The molecule has 2 heterocycles. The van der Waals surface area contributed by atoms with Crippen molar-refractivity contribution in [2.75, 3.05) is 5.32 Å². The Labute approximate surface area is 211 Å². The number of nitrogens with zero attached hydrogens (tertiary/aromatic N) is 5. The van der Waals surface area contributed by atoms with Gasteiger partial charge in [0.25, 0.3) is 5.91 Å². The van der Waals surface area contributed by atoms with Crippen LogP contribution in [0.2, 0.25) is 10.0 Å². The lowest BCUT2D eigenvalue weighted by atomic mass is 10.2. The zero-order valence-electron chi connectivity index (χ0n) is 17.2. The van der Waals surface area contributed by atoms with Crippen molar-refractivity contribution in [2.45, 2.75) is 13.3 Å². The molecule has 0 saturated heterocycles. The Balaban J connectivity index is 1.40. The quantitative estimate of drug-likeness (QED) is 0.226. The molecule has 34 heavy (non-hydrogen) atoms. The molecule has 0 aliphatic heterocycles. The fourth-order valence-corrected chi connectivity index (χ4v) is 3.86. The van der Waals surface area contributed by atoms with Crippen molar-refractivity contribution in [3.05, 3.63) is 96.8 Å². The second-order valence-electron chi connectivity index (χ2n) is 6.95. The van der Waals surface area contributed by atoms with Crippen molar-refractivity contribution >= 4 is 56.5 Å². The van der Waals surface area contributed by atoms with Crippen LogP contribution in [-0.2, 0) is 13.3 Å². The first-order valence-electron chi connectivity index (χ1n) is 9.68. The molecule has 0 bridgehead atoms. The molecular weight excluding hydrogens is 551 g/mol. The Morgan fingerprint density at radius 2 is 1.94 bits per heavy atom. The van der Waals surface area contributed by atoms with Crippen molar-refractivity contribution in [2.24, 2.45) is 0 Å². The third-order valence-electron chi connectivity index (χ3n) is 4.58. The number of rotatable bonds is 8. The number of carbonyl (C=O) groups excluding carboxylic acids is 1. The Hall–Kier alpha value is -3.41. The van der Waals surface area contributed by atoms with Gasteiger partial charge >= 0.3 is 5.69 Å². The van der Waals surface area contributed by atoms with Gasteiger partial charge in [0, 0.05) is 28.5 Å². The van der Waals surface area contributed by atoms with Gasteiger partial charge in [-0.15, -0.1) is 0 Å². The molecule has 0 saturated carbocycles. The minimum atomic E-state index is -0.533. The molecule has 0 fully saturated rings. The van der Waals surface area contributed by atoms with Gasteiger partial charge in [-0.2, -0.15) is 10.2 Å². The molecule has 4 rings (SSSR count). The molecule has 2 aromatic carbocycles. The maximum absolute atomic E-state index is 12.6. The van der Waals surface area contributed by atoms with Crippen molar-refractivity contribution in [3.63, 3.8) is 0 Å². The van der Waals surface area contributed by atoms with Crippen molar-refractivity contribution in [1.82, 2.24) is 19.6 Å². The summed E-state index contributed by atoms with van der Waals surface area (Å²) in [6, 6.07) is 12.7. The van der Waals surface area contributed by atoms with Crippen LogP contribution in [0.3, 0.4) is 0 Å². The second kappa shape index (κ2) is 10.2. The number of para-hydroxylation sites is 2. The molecule has 0 aliphatic carbocycles. The fraction of sp³-hybridized carbons (Fsp3) is 0.0952.